The van der Waals surface area contributed by atoms with Crippen molar-refractivity contribution in [2.45, 2.75) is 32.2 Å². The summed E-state index contributed by atoms with van der Waals surface area (Å²) < 4.78 is 13.5. The number of rotatable bonds is 4. The third-order valence-electron chi connectivity index (χ3n) is 4.26. The molecular weight excluding hydrogens is 249 g/mol. The molecule has 0 amide bonds. The number of hydrogen-bond donors (Lipinski definition) is 1. The van der Waals surface area contributed by atoms with Crippen molar-refractivity contribution in [3.63, 3.8) is 0 Å². The van der Waals surface area contributed by atoms with E-state index >= 15 is 0 Å². The van der Waals surface area contributed by atoms with E-state index in [9.17, 15) is 4.39 Å². The number of fused-ring (bicyclic) bond motifs is 1. The average molecular weight is 269 g/mol. The topological polar surface area (TPSA) is 12.0 Å². The Kier molecular flexibility index (Phi) is 3.58. The zero-order chi connectivity index (χ0) is 14.1. The smallest absolute Gasteiger partial charge is 0.126 e. The SMILES string of the molecule is CCNC(c1ccc(F)c(C)c1)C1Cc2ccccc21. The Morgan fingerprint density at radius 1 is 1.25 bits per heavy atom. The quantitative estimate of drug-likeness (QED) is 0.880. The Hall–Kier alpha value is -1.67. The summed E-state index contributed by atoms with van der Waals surface area (Å²) >= 11 is 0. The van der Waals surface area contributed by atoms with Crippen LogP contribution in [0.25, 0.3) is 0 Å². The molecule has 1 aliphatic rings. The minimum Gasteiger partial charge on any atom is -0.310 e. The summed E-state index contributed by atoms with van der Waals surface area (Å²) in [6.07, 6.45) is 1.10. The number of halogens is 1. The lowest BCUT2D eigenvalue weighted by molar-refractivity contribution is 0.419. The summed E-state index contributed by atoms with van der Waals surface area (Å²) in [7, 11) is 0. The van der Waals surface area contributed by atoms with Crippen LogP contribution < -0.4 is 5.32 Å². The Morgan fingerprint density at radius 2 is 2.05 bits per heavy atom. The van der Waals surface area contributed by atoms with E-state index in [-0.39, 0.29) is 11.9 Å². The molecule has 0 heterocycles. The van der Waals surface area contributed by atoms with Gasteiger partial charge in [-0.15, -0.1) is 0 Å². The third kappa shape index (κ3) is 2.25. The van der Waals surface area contributed by atoms with E-state index in [0.717, 1.165) is 18.5 Å². The molecule has 0 saturated carbocycles. The molecule has 0 aromatic heterocycles. The number of likely N-dealkylation sites (N-methyl/N-ethyl adjacent to an activating group) is 1. The van der Waals surface area contributed by atoms with Gasteiger partial charge in [-0.1, -0.05) is 43.3 Å². The van der Waals surface area contributed by atoms with E-state index in [1.807, 2.05) is 19.1 Å². The molecule has 1 N–H and O–H groups in total. The molecule has 0 bridgehead atoms. The lowest BCUT2D eigenvalue weighted by Crippen LogP contribution is -2.33. The summed E-state index contributed by atoms with van der Waals surface area (Å²) in [5.41, 5.74) is 4.78. The highest BCUT2D eigenvalue weighted by Crippen LogP contribution is 2.43. The summed E-state index contributed by atoms with van der Waals surface area (Å²) in [5, 5.41) is 3.57. The maximum Gasteiger partial charge on any atom is 0.126 e. The van der Waals surface area contributed by atoms with Gasteiger partial charge < -0.3 is 5.32 Å². The fourth-order valence-corrected chi connectivity index (χ4v) is 3.17. The molecule has 2 aromatic rings. The van der Waals surface area contributed by atoms with Gasteiger partial charge in [0, 0.05) is 12.0 Å². The molecule has 0 fully saturated rings. The summed E-state index contributed by atoms with van der Waals surface area (Å²) in [6, 6.07) is 14.4. The Bertz CT molecular complexity index is 621. The fraction of sp³-hybridized carbons (Fsp3) is 0.333. The van der Waals surface area contributed by atoms with Gasteiger partial charge >= 0.3 is 0 Å². The van der Waals surface area contributed by atoms with Gasteiger partial charge in [0.1, 0.15) is 5.82 Å². The maximum absolute atomic E-state index is 13.5. The van der Waals surface area contributed by atoms with Crippen LogP contribution >= 0.6 is 0 Å². The van der Waals surface area contributed by atoms with Crippen molar-refractivity contribution in [2.75, 3.05) is 6.54 Å². The van der Waals surface area contributed by atoms with Gasteiger partial charge in [0.15, 0.2) is 0 Å². The molecule has 2 atom stereocenters. The van der Waals surface area contributed by atoms with E-state index in [1.165, 1.54) is 16.7 Å². The van der Waals surface area contributed by atoms with Crippen molar-refractivity contribution in [3.8, 4) is 0 Å². The predicted molar refractivity (Wildman–Crippen MR) is 80.4 cm³/mol. The molecule has 0 radical (unpaired) electrons. The third-order valence-corrected chi connectivity index (χ3v) is 4.26. The van der Waals surface area contributed by atoms with Crippen LogP contribution in [0.2, 0.25) is 0 Å². The molecule has 2 unspecified atom stereocenters. The lowest BCUT2D eigenvalue weighted by atomic mass is 9.71. The van der Waals surface area contributed by atoms with Crippen LogP contribution in [0.15, 0.2) is 42.5 Å². The zero-order valence-corrected chi connectivity index (χ0v) is 12.0. The van der Waals surface area contributed by atoms with Crippen LogP contribution in [0.5, 0.6) is 0 Å². The Morgan fingerprint density at radius 3 is 2.75 bits per heavy atom. The van der Waals surface area contributed by atoms with Crippen LogP contribution in [0.3, 0.4) is 0 Å². The number of nitrogens with one attached hydrogen (secondary N) is 1. The van der Waals surface area contributed by atoms with Crippen molar-refractivity contribution in [3.05, 3.63) is 70.5 Å². The first-order chi connectivity index (χ1) is 9.70. The van der Waals surface area contributed by atoms with Crippen molar-refractivity contribution >= 4 is 0 Å². The number of hydrogen-bond acceptors (Lipinski definition) is 1. The predicted octanol–water partition coefficient (Wildman–Crippen LogP) is 4.12. The molecule has 0 saturated heterocycles. The number of aryl methyl sites for hydroxylation is 1. The second-order valence-corrected chi connectivity index (χ2v) is 5.55. The largest absolute Gasteiger partial charge is 0.310 e. The standard InChI is InChI=1S/C18H20FN/c1-3-20-18(14-8-9-17(19)12(2)10-14)16-11-13-6-4-5-7-15(13)16/h4-10,16,18,20H,3,11H2,1-2H3. The molecule has 104 valence electrons. The van der Waals surface area contributed by atoms with Crippen LogP contribution in [0.4, 0.5) is 4.39 Å². The molecule has 1 nitrogen and oxygen atoms in total. The minimum absolute atomic E-state index is 0.127. The second-order valence-electron chi connectivity index (χ2n) is 5.55. The fourth-order valence-electron chi connectivity index (χ4n) is 3.17. The van der Waals surface area contributed by atoms with Crippen molar-refractivity contribution in [1.29, 1.82) is 0 Å². The molecule has 20 heavy (non-hydrogen) atoms. The van der Waals surface area contributed by atoms with E-state index in [0.29, 0.717) is 5.92 Å². The van der Waals surface area contributed by atoms with E-state index in [4.69, 9.17) is 0 Å². The van der Waals surface area contributed by atoms with Gasteiger partial charge in [-0.25, -0.2) is 4.39 Å². The normalized spacial score (nSPS) is 18.2. The molecule has 2 heteroatoms. The first-order valence-corrected chi connectivity index (χ1v) is 7.28. The summed E-state index contributed by atoms with van der Waals surface area (Å²) in [5.74, 6) is 0.369. The summed E-state index contributed by atoms with van der Waals surface area (Å²) in [6.45, 7) is 4.87. The number of benzene rings is 2. The highest BCUT2D eigenvalue weighted by Gasteiger charge is 2.33. The van der Waals surface area contributed by atoms with Crippen LogP contribution in [0.1, 0.15) is 41.1 Å². The van der Waals surface area contributed by atoms with Gasteiger partial charge in [0.05, 0.1) is 0 Å². The van der Waals surface area contributed by atoms with Gasteiger partial charge in [-0.2, -0.15) is 0 Å². The molecule has 0 aliphatic heterocycles. The first-order valence-electron chi connectivity index (χ1n) is 7.28. The zero-order valence-electron chi connectivity index (χ0n) is 12.0. The lowest BCUT2D eigenvalue weighted by Gasteiger charge is -2.37. The molecule has 1 aliphatic carbocycles. The highest BCUT2D eigenvalue weighted by molar-refractivity contribution is 5.43. The average Bonchev–Trinajstić information content (AvgIpc) is 2.42. The van der Waals surface area contributed by atoms with Crippen LogP contribution in [-0.4, -0.2) is 6.54 Å². The monoisotopic (exact) mass is 269 g/mol. The maximum atomic E-state index is 13.5. The highest BCUT2D eigenvalue weighted by atomic mass is 19.1. The van der Waals surface area contributed by atoms with E-state index in [2.05, 4.69) is 36.5 Å². The van der Waals surface area contributed by atoms with Crippen molar-refractivity contribution in [1.82, 2.24) is 5.32 Å². The van der Waals surface area contributed by atoms with Gasteiger partial charge in [-0.3, -0.25) is 0 Å². The van der Waals surface area contributed by atoms with Crippen molar-refractivity contribution < 1.29 is 4.39 Å². The van der Waals surface area contributed by atoms with E-state index < -0.39 is 0 Å². The van der Waals surface area contributed by atoms with Crippen LogP contribution in [-0.2, 0) is 6.42 Å². The first kappa shape index (κ1) is 13.3. The molecule has 2 aromatic carbocycles. The molecule has 0 spiro atoms. The second kappa shape index (κ2) is 5.37. The van der Waals surface area contributed by atoms with Gasteiger partial charge in [0.25, 0.3) is 0 Å². The minimum atomic E-state index is -0.127. The van der Waals surface area contributed by atoms with Crippen molar-refractivity contribution in [2.24, 2.45) is 0 Å². The molecular formula is C18H20FN. The van der Waals surface area contributed by atoms with Gasteiger partial charge in [0.2, 0.25) is 0 Å². The Labute approximate surface area is 119 Å². The Balaban J connectivity index is 1.92. The van der Waals surface area contributed by atoms with Crippen LogP contribution in [0, 0.1) is 12.7 Å². The molecule has 3 rings (SSSR count). The summed E-state index contributed by atoms with van der Waals surface area (Å²) in [4.78, 5) is 0. The van der Waals surface area contributed by atoms with E-state index in [1.54, 1.807) is 6.07 Å². The van der Waals surface area contributed by atoms with Gasteiger partial charge in [-0.05, 0) is 48.2 Å².